The maximum atomic E-state index is 13.5. The predicted molar refractivity (Wildman–Crippen MR) is 327 cm³/mol. The number of phosphoric ester groups is 1. The second-order valence-electron chi connectivity index (χ2n) is 21.8. The molecular formula is C66H118N2O7P+. The van der Waals surface area contributed by atoms with Crippen molar-refractivity contribution in [3.63, 3.8) is 0 Å². The minimum Gasteiger partial charge on any atom is -0.456 e. The van der Waals surface area contributed by atoms with E-state index in [1.54, 1.807) is 0 Å². The lowest BCUT2D eigenvalue weighted by molar-refractivity contribution is -0.870. The Morgan fingerprint density at radius 3 is 1.29 bits per heavy atom. The molecule has 2 N–H and O–H groups in total. The highest BCUT2D eigenvalue weighted by atomic mass is 31.2. The normalized spacial score (nSPS) is 14.4. The zero-order valence-electron chi connectivity index (χ0n) is 50.0. The third kappa shape index (κ3) is 55.7. The van der Waals surface area contributed by atoms with Gasteiger partial charge < -0.3 is 19.4 Å². The topological polar surface area (TPSA) is 111 Å². The number of allylic oxidation sites excluding steroid dienone is 15. The van der Waals surface area contributed by atoms with Gasteiger partial charge in [-0.2, -0.15) is 0 Å². The Balaban J connectivity index is 5.23. The van der Waals surface area contributed by atoms with Crippen LogP contribution in [0.15, 0.2) is 97.2 Å². The van der Waals surface area contributed by atoms with E-state index in [9.17, 15) is 19.0 Å². The third-order valence-corrected chi connectivity index (χ3v) is 14.2. The molecule has 0 rings (SSSR count). The molecule has 0 aliphatic rings. The number of esters is 1. The molecule has 76 heavy (non-hydrogen) atoms. The molecule has 0 saturated carbocycles. The van der Waals surface area contributed by atoms with Crippen molar-refractivity contribution in [2.24, 2.45) is 0 Å². The van der Waals surface area contributed by atoms with Crippen LogP contribution in [0.1, 0.15) is 258 Å². The average Bonchev–Trinajstić information content (AvgIpc) is 3.38. The molecule has 0 bridgehead atoms. The molecule has 3 unspecified atom stereocenters. The number of rotatable bonds is 55. The monoisotopic (exact) mass is 1080 g/mol. The Labute approximate surface area is 468 Å². The van der Waals surface area contributed by atoms with Gasteiger partial charge in [0.1, 0.15) is 19.3 Å². The number of quaternary nitrogens is 1. The van der Waals surface area contributed by atoms with Crippen LogP contribution >= 0.6 is 7.82 Å². The lowest BCUT2D eigenvalue weighted by Gasteiger charge is -2.27. The first kappa shape index (κ1) is 72.9. The summed E-state index contributed by atoms with van der Waals surface area (Å²) in [7, 11) is 1.47. The van der Waals surface area contributed by atoms with Crippen molar-refractivity contribution in [3.05, 3.63) is 97.2 Å². The summed E-state index contributed by atoms with van der Waals surface area (Å²) in [5, 5.41) is 3.04. The van der Waals surface area contributed by atoms with Crippen LogP contribution in [0.2, 0.25) is 0 Å². The zero-order valence-corrected chi connectivity index (χ0v) is 50.9. The highest BCUT2D eigenvalue weighted by molar-refractivity contribution is 7.47. The van der Waals surface area contributed by atoms with Gasteiger partial charge >= 0.3 is 13.8 Å². The lowest BCUT2D eigenvalue weighted by atomic mass is 10.0. The number of amides is 1. The van der Waals surface area contributed by atoms with Crippen molar-refractivity contribution in [2.45, 2.75) is 270 Å². The van der Waals surface area contributed by atoms with Crippen molar-refractivity contribution < 1.29 is 37.3 Å². The van der Waals surface area contributed by atoms with Crippen LogP contribution in [0, 0.1) is 0 Å². The van der Waals surface area contributed by atoms with Crippen LogP contribution in [0.3, 0.4) is 0 Å². The van der Waals surface area contributed by atoms with Gasteiger partial charge in [-0.1, -0.05) is 234 Å². The van der Waals surface area contributed by atoms with Crippen LogP contribution in [0.5, 0.6) is 0 Å². The molecule has 438 valence electrons. The molecule has 10 heteroatoms. The zero-order chi connectivity index (χ0) is 55.7. The van der Waals surface area contributed by atoms with E-state index in [4.69, 9.17) is 13.8 Å². The van der Waals surface area contributed by atoms with Crippen LogP contribution in [-0.2, 0) is 27.9 Å². The lowest BCUT2D eigenvalue weighted by Crippen LogP contribution is -2.47. The number of carbonyl (C=O) groups is 2. The van der Waals surface area contributed by atoms with E-state index >= 15 is 0 Å². The maximum absolute atomic E-state index is 13.5. The number of nitrogens with one attached hydrogen (secondary N) is 1. The Kier molecular flexibility index (Phi) is 53.0. The Morgan fingerprint density at radius 2 is 0.842 bits per heavy atom. The van der Waals surface area contributed by atoms with Gasteiger partial charge in [0, 0.05) is 12.8 Å². The summed E-state index contributed by atoms with van der Waals surface area (Å²) in [6.45, 7) is 6.86. The van der Waals surface area contributed by atoms with E-state index in [0.29, 0.717) is 17.4 Å². The summed E-state index contributed by atoms with van der Waals surface area (Å²) in [5.41, 5.74) is 0. The standard InChI is InChI=1S/C66H117N2O7P/c1-7-10-13-16-19-22-25-28-29-30-31-32-33-34-35-36-37-38-39-41-44-47-50-53-56-59-66(70)75-64(57-54-51-48-45-42-27-24-21-18-15-12-9-3)63(62-74-76(71,72)73-61-60-68(4,5)6)67-65(69)58-55-52-49-46-43-40-26-23-20-17-14-11-8-2/h10,13,19,22,28-29,31-32,34-35,37-38,40,43,54,57,63-64H,7-9,11-12,14-18,20-21,23-27,30,33,36,39,41-42,44-53,55-56,58-62H2,1-6H3,(H-,67,69,71,72)/p+1/b13-10-,22-19-,29-28-,32-31-,35-34-,38-37-,43-40-,57-54-. The molecule has 0 radical (unpaired) electrons. The second kappa shape index (κ2) is 55.3. The molecule has 0 aromatic heterocycles. The number of unbranched alkanes of at least 4 members (excludes halogenated alkanes) is 25. The van der Waals surface area contributed by atoms with Gasteiger partial charge in [-0.3, -0.25) is 18.6 Å². The summed E-state index contributed by atoms with van der Waals surface area (Å²) in [6.07, 6.45) is 74.1. The Bertz CT molecular complexity index is 1620. The van der Waals surface area contributed by atoms with Crippen molar-refractivity contribution >= 4 is 19.7 Å². The van der Waals surface area contributed by atoms with E-state index < -0.39 is 20.0 Å². The molecule has 0 fully saturated rings. The van der Waals surface area contributed by atoms with E-state index in [1.807, 2.05) is 33.3 Å². The molecule has 1 amide bonds. The number of nitrogens with zero attached hydrogens (tertiary/aromatic N) is 1. The number of phosphoric acid groups is 1. The summed E-state index contributed by atoms with van der Waals surface area (Å²) >= 11 is 0. The van der Waals surface area contributed by atoms with E-state index in [0.717, 1.165) is 135 Å². The molecule has 9 nitrogen and oxygen atoms in total. The number of likely N-dealkylation sites (N-methyl/N-ethyl adjacent to an activating group) is 1. The first-order chi connectivity index (χ1) is 36.9. The van der Waals surface area contributed by atoms with Crippen molar-refractivity contribution in [1.29, 1.82) is 0 Å². The highest BCUT2D eigenvalue weighted by Crippen LogP contribution is 2.43. The molecule has 0 spiro atoms. The van der Waals surface area contributed by atoms with Gasteiger partial charge in [-0.15, -0.1) is 0 Å². The van der Waals surface area contributed by atoms with Crippen LogP contribution in [0.4, 0.5) is 0 Å². The Hall–Kier alpha value is -3.07. The molecule has 0 heterocycles. The first-order valence-corrected chi connectivity index (χ1v) is 32.6. The van der Waals surface area contributed by atoms with Crippen LogP contribution in [-0.4, -0.2) is 74.3 Å². The maximum Gasteiger partial charge on any atom is 0.472 e. The second-order valence-corrected chi connectivity index (χ2v) is 23.3. The largest absolute Gasteiger partial charge is 0.472 e. The first-order valence-electron chi connectivity index (χ1n) is 31.1. The number of carbonyl (C=O) groups excluding carboxylic acids is 2. The van der Waals surface area contributed by atoms with E-state index in [1.165, 1.54) is 89.9 Å². The molecule has 0 saturated heterocycles. The SMILES string of the molecule is CC/C=C\C/C=C\C/C=C\C/C=C\C/C=C\C/C=C\CCCCCCCCC(=O)OC(/C=C\CCCCCCCCCCCC)C(COP(=O)(O)OCC[N+](C)(C)C)NC(=O)CCCCC/C=C\CCCCCCCC. The Morgan fingerprint density at radius 1 is 0.474 bits per heavy atom. The van der Waals surface area contributed by atoms with Gasteiger partial charge in [-0.25, -0.2) is 4.57 Å². The number of hydrogen-bond donors (Lipinski definition) is 2. The summed E-state index contributed by atoms with van der Waals surface area (Å²) in [5.74, 6) is -0.544. The quantitative estimate of drug-likeness (QED) is 0.0205. The van der Waals surface area contributed by atoms with Crippen LogP contribution < -0.4 is 5.32 Å². The fourth-order valence-electron chi connectivity index (χ4n) is 8.47. The van der Waals surface area contributed by atoms with Gasteiger partial charge in [-0.05, 0) is 109 Å². The van der Waals surface area contributed by atoms with Crippen molar-refractivity contribution in [1.82, 2.24) is 5.32 Å². The minimum atomic E-state index is -4.46. The smallest absolute Gasteiger partial charge is 0.456 e. The van der Waals surface area contributed by atoms with Gasteiger partial charge in [0.15, 0.2) is 0 Å². The van der Waals surface area contributed by atoms with Gasteiger partial charge in [0.2, 0.25) is 5.91 Å². The summed E-state index contributed by atoms with van der Waals surface area (Å²) < 4.78 is 30.6. The summed E-state index contributed by atoms with van der Waals surface area (Å²) in [6, 6.07) is -0.867. The molecule has 0 aromatic rings. The number of hydrogen-bond acceptors (Lipinski definition) is 6. The number of ether oxygens (including phenoxy) is 1. The van der Waals surface area contributed by atoms with E-state index in [2.05, 4.69) is 111 Å². The molecule has 0 aliphatic carbocycles. The summed E-state index contributed by atoms with van der Waals surface area (Å²) in [4.78, 5) is 37.7. The van der Waals surface area contributed by atoms with Crippen molar-refractivity contribution in [2.75, 3.05) is 40.9 Å². The fraction of sp³-hybridized carbons (Fsp3) is 0.727. The van der Waals surface area contributed by atoms with E-state index in [-0.39, 0.29) is 31.5 Å². The molecule has 0 aliphatic heterocycles. The molecular weight excluding hydrogens is 964 g/mol. The highest BCUT2D eigenvalue weighted by Gasteiger charge is 2.30. The van der Waals surface area contributed by atoms with Gasteiger partial charge in [0.25, 0.3) is 0 Å². The minimum absolute atomic E-state index is 0.0309. The molecule has 3 atom stereocenters. The molecule has 0 aromatic carbocycles. The fourth-order valence-corrected chi connectivity index (χ4v) is 9.20. The average molecular weight is 1080 g/mol. The third-order valence-electron chi connectivity index (χ3n) is 13.3. The predicted octanol–water partition coefficient (Wildman–Crippen LogP) is 19.2. The van der Waals surface area contributed by atoms with Gasteiger partial charge in [0.05, 0.1) is 33.8 Å². The van der Waals surface area contributed by atoms with Crippen molar-refractivity contribution in [3.8, 4) is 0 Å². The van der Waals surface area contributed by atoms with Crippen LogP contribution in [0.25, 0.3) is 0 Å².